The number of carbonyl (C=O) groups is 3. The van der Waals surface area contributed by atoms with Crippen LogP contribution in [0.3, 0.4) is 0 Å². The van der Waals surface area contributed by atoms with Crippen LogP contribution in [0, 0.1) is 10.1 Å². The molecule has 0 aromatic heterocycles. The number of nitro groups is 1. The Morgan fingerprint density at radius 1 is 1.43 bits per heavy atom. The Labute approximate surface area is 118 Å². The standard InChI is InChI=1S/C12H11N3O6/c1-12(7-4-2-3-5-8(7)15(20)21)10(18)14(6-9(16)17)11(19)13-12/h2-5H,6H2,1H3,(H,13,19)(H,16,17). The van der Waals surface area contributed by atoms with Gasteiger partial charge >= 0.3 is 12.0 Å². The lowest BCUT2D eigenvalue weighted by atomic mass is 9.90. The molecule has 0 bridgehead atoms. The molecule has 1 aliphatic heterocycles. The summed E-state index contributed by atoms with van der Waals surface area (Å²) in [5, 5.41) is 22.1. The highest BCUT2D eigenvalue weighted by Gasteiger charge is 2.52. The van der Waals surface area contributed by atoms with Gasteiger partial charge in [0.05, 0.1) is 10.5 Å². The van der Waals surface area contributed by atoms with Crippen LogP contribution in [0.2, 0.25) is 0 Å². The van der Waals surface area contributed by atoms with Gasteiger partial charge < -0.3 is 10.4 Å². The van der Waals surface area contributed by atoms with E-state index in [1.165, 1.54) is 31.2 Å². The van der Waals surface area contributed by atoms with E-state index in [1.807, 2.05) is 0 Å². The highest BCUT2D eigenvalue weighted by molar-refractivity contribution is 6.09. The number of nitrogens with zero attached hydrogens (tertiary/aromatic N) is 2. The molecular formula is C12H11N3O6. The molecule has 1 unspecified atom stereocenters. The Balaban J connectivity index is 2.49. The summed E-state index contributed by atoms with van der Waals surface area (Å²) < 4.78 is 0. The molecule has 0 radical (unpaired) electrons. The first-order valence-corrected chi connectivity index (χ1v) is 5.87. The highest BCUT2D eigenvalue weighted by Crippen LogP contribution is 2.34. The predicted octanol–water partition coefficient (Wildman–Crippen LogP) is 0.446. The molecule has 1 fully saturated rings. The van der Waals surface area contributed by atoms with Gasteiger partial charge in [-0.2, -0.15) is 0 Å². The number of urea groups is 1. The topological polar surface area (TPSA) is 130 Å². The van der Waals surface area contributed by atoms with E-state index >= 15 is 0 Å². The van der Waals surface area contributed by atoms with Gasteiger partial charge in [-0.1, -0.05) is 12.1 Å². The maximum atomic E-state index is 12.3. The molecule has 0 saturated carbocycles. The van der Waals surface area contributed by atoms with E-state index in [0.29, 0.717) is 4.90 Å². The van der Waals surface area contributed by atoms with Crippen molar-refractivity contribution in [3.8, 4) is 0 Å². The lowest BCUT2D eigenvalue weighted by molar-refractivity contribution is -0.386. The fraction of sp³-hybridized carbons (Fsp3) is 0.250. The number of hydrogen-bond acceptors (Lipinski definition) is 5. The van der Waals surface area contributed by atoms with Gasteiger partial charge in [0.15, 0.2) is 5.54 Å². The van der Waals surface area contributed by atoms with Crippen molar-refractivity contribution in [2.24, 2.45) is 0 Å². The number of rotatable bonds is 4. The largest absolute Gasteiger partial charge is 0.480 e. The van der Waals surface area contributed by atoms with Crippen LogP contribution in [0.5, 0.6) is 0 Å². The number of carboxylic acid groups (broad SMARTS) is 1. The molecule has 21 heavy (non-hydrogen) atoms. The second kappa shape index (κ2) is 4.85. The van der Waals surface area contributed by atoms with Crippen LogP contribution >= 0.6 is 0 Å². The molecule has 2 rings (SSSR count). The van der Waals surface area contributed by atoms with E-state index in [9.17, 15) is 24.5 Å². The van der Waals surface area contributed by atoms with E-state index in [-0.39, 0.29) is 11.3 Å². The predicted molar refractivity (Wildman–Crippen MR) is 68.3 cm³/mol. The summed E-state index contributed by atoms with van der Waals surface area (Å²) >= 11 is 0. The second-order valence-electron chi connectivity index (χ2n) is 4.61. The van der Waals surface area contributed by atoms with Crippen LogP contribution in [0.15, 0.2) is 24.3 Å². The first kappa shape index (κ1) is 14.4. The third-order valence-corrected chi connectivity index (χ3v) is 3.21. The normalized spacial score (nSPS) is 21.3. The summed E-state index contributed by atoms with van der Waals surface area (Å²) in [5.74, 6) is -2.20. The molecule has 1 aliphatic rings. The molecule has 1 aromatic rings. The monoisotopic (exact) mass is 293 g/mol. The van der Waals surface area contributed by atoms with E-state index in [4.69, 9.17) is 5.11 Å². The third kappa shape index (κ3) is 2.29. The molecule has 2 N–H and O–H groups in total. The molecule has 9 heteroatoms. The number of benzene rings is 1. The number of aliphatic carboxylic acids is 1. The van der Waals surface area contributed by atoms with Crippen molar-refractivity contribution in [3.63, 3.8) is 0 Å². The number of para-hydroxylation sites is 1. The third-order valence-electron chi connectivity index (χ3n) is 3.21. The van der Waals surface area contributed by atoms with Crippen molar-refractivity contribution in [2.75, 3.05) is 6.54 Å². The number of amides is 3. The molecule has 0 aliphatic carbocycles. The summed E-state index contributed by atoms with van der Waals surface area (Å²) in [5.41, 5.74) is -2.00. The smallest absolute Gasteiger partial charge is 0.325 e. The van der Waals surface area contributed by atoms with Gasteiger partial charge in [0.2, 0.25) is 0 Å². The van der Waals surface area contributed by atoms with Gasteiger partial charge in [0.1, 0.15) is 6.54 Å². The fourth-order valence-electron chi connectivity index (χ4n) is 2.21. The summed E-state index contributed by atoms with van der Waals surface area (Å²) in [7, 11) is 0. The molecule has 1 saturated heterocycles. The number of hydrogen-bond donors (Lipinski definition) is 2. The molecule has 1 atom stereocenters. The van der Waals surface area contributed by atoms with Gasteiger partial charge in [0.25, 0.3) is 11.6 Å². The zero-order valence-electron chi connectivity index (χ0n) is 10.9. The van der Waals surface area contributed by atoms with Gasteiger partial charge in [-0.3, -0.25) is 24.6 Å². The summed E-state index contributed by atoms with van der Waals surface area (Å²) in [6.07, 6.45) is 0. The molecular weight excluding hydrogens is 282 g/mol. The summed E-state index contributed by atoms with van der Waals surface area (Å²) in [6.45, 7) is 0.498. The Hall–Kier alpha value is -2.97. The van der Waals surface area contributed by atoms with Crippen LogP contribution < -0.4 is 5.32 Å². The minimum atomic E-state index is -1.67. The molecule has 110 valence electrons. The fourth-order valence-corrected chi connectivity index (χ4v) is 2.21. The van der Waals surface area contributed by atoms with Crippen LogP contribution in [0.25, 0.3) is 0 Å². The number of carbonyl (C=O) groups excluding carboxylic acids is 2. The lowest BCUT2D eigenvalue weighted by Gasteiger charge is -2.21. The van der Waals surface area contributed by atoms with Crippen molar-refractivity contribution in [2.45, 2.75) is 12.5 Å². The SMILES string of the molecule is CC1(c2ccccc2[N+](=O)[O-])NC(=O)N(CC(=O)O)C1=O. The van der Waals surface area contributed by atoms with Crippen molar-refractivity contribution >= 4 is 23.6 Å². The highest BCUT2D eigenvalue weighted by atomic mass is 16.6. The molecule has 1 heterocycles. The van der Waals surface area contributed by atoms with Gasteiger partial charge in [-0.15, -0.1) is 0 Å². The van der Waals surface area contributed by atoms with Gasteiger partial charge in [-0.25, -0.2) is 4.79 Å². The number of nitrogens with one attached hydrogen (secondary N) is 1. The van der Waals surface area contributed by atoms with Gasteiger partial charge in [-0.05, 0) is 13.0 Å². The average molecular weight is 293 g/mol. The maximum absolute atomic E-state index is 12.3. The Morgan fingerprint density at radius 3 is 2.62 bits per heavy atom. The van der Waals surface area contributed by atoms with Crippen molar-refractivity contribution in [1.29, 1.82) is 0 Å². The van der Waals surface area contributed by atoms with Crippen molar-refractivity contribution in [3.05, 3.63) is 39.9 Å². The van der Waals surface area contributed by atoms with Gasteiger partial charge in [0, 0.05) is 6.07 Å². The zero-order chi connectivity index (χ0) is 15.8. The quantitative estimate of drug-likeness (QED) is 0.471. The Bertz CT molecular complexity index is 658. The molecule has 9 nitrogen and oxygen atoms in total. The van der Waals surface area contributed by atoms with Crippen LogP contribution in [-0.2, 0) is 15.1 Å². The minimum Gasteiger partial charge on any atom is -0.480 e. The second-order valence-corrected chi connectivity index (χ2v) is 4.61. The first-order chi connectivity index (χ1) is 9.77. The maximum Gasteiger partial charge on any atom is 0.325 e. The number of nitro benzene ring substituents is 1. The Morgan fingerprint density at radius 2 is 2.05 bits per heavy atom. The van der Waals surface area contributed by atoms with Crippen LogP contribution in [-0.4, -0.2) is 39.4 Å². The van der Waals surface area contributed by atoms with Crippen molar-refractivity contribution < 1.29 is 24.4 Å². The molecule has 0 spiro atoms. The van der Waals surface area contributed by atoms with Crippen LogP contribution in [0.1, 0.15) is 12.5 Å². The lowest BCUT2D eigenvalue weighted by Crippen LogP contribution is -2.42. The van der Waals surface area contributed by atoms with Crippen molar-refractivity contribution in [1.82, 2.24) is 10.2 Å². The summed E-state index contributed by atoms with van der Waals surface area (Å²) in [6, 6.07) is 4.58. The zero-order valence-corrected chi connectivity index (χ0v) is 10.9. The van der Waals surface area contributed by atoms with E-state index in [1.54, 1.807) is 0 Å². The average Bonchev–Trinajstić information content (AvgIpc) is 2.63. The number of carboxylic acids is 1. The molecule has 1 aromatic carbocycles. The van der Waals surface area contributed by atoms with E-state index < -0.39 is 34.9 Å². The van der Waals surface area contributed by atoms with Crippen LogP contribution in [0.4, 0.5) is 10.5 Å². The van der Waals surface area contributed by atoms with E-state index in [0.717, 1.165) is 0 Å². The van der Waals surface area contributed by atoms with E-state index in [2.05, 4.69) is 5.32 Å². The number of imide groups is 1. The first-order valence-electron chi connectivity index (χ1n) is 5.87. The Kier molecular flexibility index (Phi) is 3.34. The minimum absolute atomic E-state index is 0.00115. The summed E-state index contributed by atoms with van der Waals surface area (Å²) in [4.78, 5) is 45.6. The molecule has 3 amide bonds.